The quantitative estimate of drug-likeness (QED) is 0.786. The zero-order valence-electron chi connectivity index (χ0n) is 14.9. The van der Waals surface area contributed by atoms with E-state index in [0.717, 1.165) is 27.7 Å². The number of aryl methyl sites for hydroxylation is 4. The van der Waals surface area contributed by atoms with Crippen molar-refractivity contribution in [1.82, 2.24) is 9.97 Å². The fourth-order valence-electron chi connectivity index (χ4n) is 2.96. The van der Waals surface area contributed by atoms with Crippen LogP contribution in [0.25, 0.3) is 10.9 Å². The second-order valence-electron chi connectivity index (χ2n) is 6.20. The van der Waals surface area contributed by atoms with E-state index in [-0.39, 0.29) is 12.5 Å². The van der Waals surface area contributed by atoms with Crippen molar-refractivity contribution in [2.75, 3.05) is 11.9 Å². The van der Waals surface area contributed by atoms with Crippen molar-refractivity contribution in [2.24, 2.45) is 0 Å². The van der Waals surface area contributed by atoms with Crippen LogP contribution in [0.5, 0.6) is 5.88 Å². The molecule has 0 spiro atoms. The van der Waals surface area contributed by atoms with Crippen molar-refractivity contribution >= 4 is 22.5 Å². The number of hydrogen-bond donors (Lipinski definition) is 1. The first-order valence-electron chi connectivity index (χ1n) is 8.18. The fourth-order valence-corrected chi connectivity index (χ4v) is 2.96. The summed E-state index contributed by atoms with van der Waals surface area (Å²) in [6, 6.07) is 11.7. The highest BCUT2D eigenvalue weighted by atomic mass is 16.5. The van der Waals surface area contributed by atoms with Gasteiger partial charge in [0.1, 0.15) is 5.82 Å². The summed E-state index contributed by atoms with van der Waals surface area (Å²) >= 11 is 0. The number of rotatable bonds is 4. The second-order valence-corrected chi connectivity index (χ2v) is 6.20. The summed E-state index contributed by atoms with van der Waals surface area (Å²) in [5.74, 6) is 0.824. The molecule has 0 fully saturated rings. The van der Waals surface area contributed by atoms with Gasteiger partial charge in [0.25, 0.3) is 5.91 Å². The lowest BCUT2D eigenvalue weighted by Gasteiger charge is -2.13. The van der Waals surface area contributed by atoms with Crippen molar-refractivity contribution in [1.29, 1.82) is 0 Å². The SMILES string of the molecule is Cc1cc(C)c(NC(=O)COc2nc(C)nc3ccccc23)c(C)c1. The van der Waals surface area contributed by atoms with Crippen molar-refractivity contribution < 1.29 is 9.53 Å². The smallest absolute Gasteiger partial charge is 0.262 e. The molecule has 0 atom stereocenters. The number of benzene rings is 2. The second kappa shape index (κ2) is 6.89. The minimum Gasteiger partial charge on any atom is -0.467 e. The number of nitrogens with one attached hydrogen (secondary N) is 1. The van der Waals surface area contributed by atoms with Crippen LogP contribution in [0.15, 0.2) is 36.4 Å². The number of nitrogens with zero attached hydrogens (tertiary/aromatic N) is 2. The van der Waals surface area contributed by atoms with Crippen LogP contribution >= 0.6 is 0 Å². The molecule has 0 saturated carbocycles. The van der Waals surface area contributed by atoms with Crippen molar-refractivity contribution in [3.8, 4) is 5.88 Å². The molecule has 0 aliphatic heterocycles. The van der Waals surface area contributed by atoms with Gasteiger partial charge in [0.05, 0.1) is 10.9 Å². The van der Waals surface area contributed by atoms with Gasteiger partial charge in [-0.15, -0.1) is 0 Å². The first-order valence-corrected chi connectivity index (χ1v) is 8.18. The third-order valence-corrected chi connectivity index (χ3v) is 3.96. The first kappa shape index (κ1) is 16.9. The number of hydrogen-bond acceptors (Lipinski definition) is 4. The molecule has 0 saturated heterocycles. The van der Waals surface area contributed by atoms with Crippen LogP contribution in [0.1, 0.15) is 22.5 Å². The summed E-state index contributed by atoms with van der Waals surface area (Å²) in [4.78, 5) is 21.0. The summed E-state index contributed by atoms with van der Waals surface area (Å²) in [5.41, 5.74) is 4.88. The standard InChI is InChI=1S/C20H21N3O2/c1-12-9-13(2)19(14(3)10-12)23-18(24)11-25-20-16-7-5-6-8-17(16)21-15(4)22-20/h5-10H,11H2,1-4H3,(H,23,24). The number of anilines is 1. The van der Waals surface area contributed by atoms with Crippen molar-refractivity contribution in [2.45, 2.75) is 27.7 Å². The monoisotopic (exact) mass is 335 g/mol. The van der Waals surface area contributed by atoms with Gasteiger partial charge < -0.3 is 10.1 Å². The molecule has 0 bridgehead atoms. The van der Waals surface area contributed by atoms with E-state index in [0.29, 0.717) is 11.7 Å². The van der Waals surface area contributed by atoms with E-state index in [4.69, 9.17) is 4.74 Å². The highest BCUT2D eigenvalue weighted by Gasteiger charge is 2.11. The van der Waals surface area contributed by atoms with E-state index in [1.54, 1.807) is 6.92 Å². The Balaban J connectivity index is 1.75. The predicted octanol–water partition coefficient (Wildman–Crippen LogP) is 3.88. The molecular weight excluding hydrogens is 314 g/mol. The van der Waals surface area contributed by atoms with Gasteiger partial charge in [0.2, 0.25) is 5.88 Å². The van der Waals surface area contributed by atoms with Crippen LogP contribution in [0, 0.1) is 27.7 Å². The van der Waals surface area contributed by atoms with E-state index in [1.165, 1.54) is 5.56 Å². The molecule has 5 heteroatoms. The number of fused-ring (bicyclic) bond motifs is 1. The Hall–Kier alpha value is -2.95. The van der Waals surface area contributed by atoms with Crippen molar-refractivity contribution in [3.05, 3.63) is 58.9 Å². The van der Waals surface area contributed by atoms with E-state index in [9.17, 15) is 4.79 Å². The molecule has 1 N–H and O–H groups in total. The summed E-state index contributed by atoms with van der Waals surface area (Å²) in [6.07, 6.45) is 0. The number of amides is 1. The van der Waals surface area contributed by atoms with Gasteiger partial charge in [-0.2, -0.15) is 4.98 Å². The third kappa shape index (κ3) is 3.76. The Labute approximate surface area is 147 Å². The van der Waals surface area contributed by atoms with Gasteiger partial charge >= 0.3 is 0 Å². The number of para-hydroxylation sites is 1. The lowest BCUT2D eigenvalue weighted by atomic mass is 10.1. The van der Waals surface area contributed by atoms with Crippen LogP contribution < -0.4 is 10.1 Å². The van der Waals surface area contributed by atoms with E-state index < -0.39 is 0 Å². The van der Waals surface area contributed by atoms with Gasteiger partial charge in [-0.3, -0.25) is 4.79 Å². The molecule has 0 radical (unpaired) electrons. The Morgan fingerprint density at radius 1 is 1.04 bits per heavy atom. The zero-order valence-corrected chi connectivity index (χ0v) is 14.9. The van der Waals surface area contributed by atoms with Gasteiger partial charge in [0, 0.05) is 5.69 Å². The van der Waals surface area contributed by atoms with Gasteiger partial charge in [-0.25, -0.2) is 4.98 Å². The van der Waals surface area contributed by atoms with Crippen LogP contribution in [0.4, 0.5) is 5.69 Å². The summed E-state index contributed by atoms with van der Waals surface area (Å²) in [5, 5.41) is 3.73. The Morgan fingerprint density at radius 2 is 1.72 bits per heavy atom. The van der Waals surface area contributed by atoms with Crippen LogP contribution in [-0.2, 0) is 4.79 Å². The lowest BCUT2D eigenvalue weighted by Crippen LogP contribution is -2.21. The van der Waals surface area contributed by atoms with Gasteiger partial charge in [-0.05, 0) is 51.0 Å². The summed E-state index contributed by atoms with van der Waals surface area (Å²) in [7, 11) is 0. The molecule has 1 aromatic heterocycles. The molecule has 0 aliphatic carbocycles. The molecule has 2 aromatic carbocycles. The molecule has 0 aliphatic rings. The number of carbonyl (C=O) groups is 1. The Bertz CT molecular complexity index is 928. The van der Waals surface area contributed by atoms with Crippen LogP contribution in [0.3, 0.4) is 0 Å². The molecule has 128 valence electrons. The maximum atomic E-state index is 12.3. The highest BCUT2D eigenvalue weighted by molar-refractivity contribution is 5.93. The number of carbonyl (C=O) groups excluding carboxylic acids is 1. The summed E-state index contributed by atoms with van der Waals surface area (Å²) in [6.45, 7) is 7.71. The van der Waals surface area contributed by atoms with E-state index in [1.807, 2.05) is 57.2 Å². The Morgan fingerprint density at radius 3 is 2.44 bits per heavy atom. The van der Waals surface area contributed by atoms with Crippen LogP contribution in [0.2, 0.25) is 0 Å². The van der Waals surface area contributed by atoms with Gasteiger partial charge in [-0.1, -0.05) is 29.8 Å². The van der Waals surface area contributed by atoms with Crippen LogP contribution in [-0.4, -0.2) is 22.5 Å². The zero-order chi connectivity index (χ0) is 18.0. The molecule has 1 amide bonds. The molecule has 0 unspecified atom stereocenters. The van der Waals surface area contributed by atoms with Gasteiger partial charge in [0.15, 0.2) is 6.61 Å². The lowest BCUT2D eigenvalue weighted by molar-refractivity contribution is -0.118. The third-order valence-electron chi connectivity index (χ3n) is 3.96. The fraction of sp³-hybridized carbons (Fsp3) is 0.250. The minimum absolute atomic E-state index is 0.104. The van der Waals surface area contributed by atoms with E-state index >= 15 is 0 Å². The topological polar surface area (TPSA) is 64.1 Å². The van der Waals surface area contributed by atoms with E-state index in [2.05, 4.69) is 15.3 Å². The summed E-state index contributed by atoms with van der Waals surface area (Å²) < 4.78 is 5.67. The highest BCUT2D eigenvalue weighted by Crippen LogP contribution is 2.23. The van der Waals surface area contributed by atoms with Crippen molar-refractivity contribution in [3.63, 3.8) is 0 Å². The minimum atomic E-state index is -0.213. The normalized spacial score (nSPS) is 10.7. The average Bonchev–Trinajstić information content (AvgIpc) is 2.55. The number of aromatic nitrogens is 2. The first-order chi connectivity index (χ1) is 11.9. The molecular formula is C20H21N3O2. The molecule has 25 heavy (non-hydrogen) atoms. The average molecular weight is 335 g/mol. The molecule has 1 heterocycles. The molecule has 3 rings (SSSR count). The number of ether oxygens (including phenoxy) is 1. The maximum Gasteiger partial charge on any atom is 0.262 e. The predicted molar refractivity (Wildman–Crippen MR) is 99.1 cm³/mol. The Kier molecular flexibility index (Phi) is 4.65. The molecule has 3 aromatic rings. The largest absolute Gasteiger partial charge is 0.467 e. The molecule has 5 nitrogen and oxygen atoms in total. The maximum absolute atomic E-state index is 12.3.